The molecule has 0 aliphatic heterocycles. The van der Waals surface area contributed by atoms with Gasteiger partial charge in [-0.2, -0.15) is 0 Å². The fourth-order valence-electron chi connectivity index (χ4n) is 3.14. The second-order valence-electron chi connectivity index (χ2n) is 7.29. The average molecular weight is 409 g/mol. The molecule has 3 rings (SSSR count). The number of hydrogen-bond acceptors (Lipinski definition) is 4. The van der Waals surface area contributed by atoms with E-state index in [1.54, 1.807) is 11.3 Å². The summed E-state index contributed by atoms with van der Waals surface area (Å²) in [6, 6.07) is 15.9. The van der Waals surface area contributed by atoms with Crippen LogP contribution in [0.25, 0.3) is 0 Å². The van der Waals surface area contributed by atoms with Crippen molar-refractivity contribution in [1.29, 1.82) is 0 Å². The molecule has 1 atom stereocenters. The molecule has 0 aliphatic carbocycles. The minimum atomic E-state index is 0.0585. The molecule has 5 heteroatoms. The SMILES string of the molecule is CCC(C)N(Cc1csc(COc2ccccc2C)n1)C(=O)c1ccccc1C. The van der Waals surface area contributed by atoms with Crippen LogP contribution in [0, 0.1) is 13.8 Å². The highest BCUT2D eigenvalue weighted by Gasteiger charge is 2.23. The number of benzene rings is 2. The maximum atomic E-state index is 13.2. The number of hydrogen-bond donors (Lipinski definition) is 0. The minimum Gasteiger partial charge on any atom is -0.486 e. The van der Waals surface area contributed by atoms with Crippen molar-refractivity contribution in [3.63, 3.8) is 0 Å². The summed E-state index contributed by atoms with van der Waals surface area (Å²) in [7, 11) is 0. The number of carbonyl (C=O) groups excluding carboxylic acids is 1. The number of thiazole rings is 1. The Morgan fingerprint density at radius 3 is 2.48 bits per heavy atom. The molecule has 0 spiro atoms. The summed E-state index contributed by atoms with van der Waals surface area (Å²) in [4.78, 5) is 19.8. The molecule has 4 nitrogen and oxygen atoms in total. The number of ether oxygens (including phenoxy) is 1. The summed E-state index contributed by atoms with van der Waals surface area (Å²) in [5, 5.41) is 2.94. The monoisotopic (exact) mass is 408 g/mol. The van der Waals surface area contributed by atoms with Gasteiger partial charge >= 0.3 is 0 Å². The van der Waals surface area contributed by atoms with Crippen molar-refractivity contribution >= 4 is 17.2 Å². The van der Waals surface area contributed by atoms with Crippen molar-refractivity contribution in [2.75, 3.05) is 0 Å². The molecule has 1 heterocycles. The van der Waals surface area contributed by atoms with Gasteiger partial charge in [0.2, 0.25) is 0 Å². The van der Waals surface area contributed by atoms with E-state index in [-0.39, 0.29) is 11.9 Å². The van der Waals surface area contributed by atoms with Crippen molar-refractivity contribution in [1.82, 2.24) is 9.88 Å². The van der Waals surface area contributed by atoms with E-state index in [0.717, 1.165) is 39.6 Å². The van der Waals surface area contributed by atoms with E-state index in [1.807, 2.05) is 72.7 Å². The summed E-state index contributed by atoms with van der Waals surface area (Å²) < 4.78 is 5.91. The second-order valence-corrected chi connectivity index (χ2v) is 8.23. The van der Waals surface area contributed by atoms with Gasteiger partial charge in [-0.3, -0.25) is 4.79 Å². The lowest BCUT2D eigenvalue weighted by atomic mass is 10.1. The van der Waals surface area contributed by atoms with Gasteiger partial charge in [-0.1, -0.05) is 43.3 Å². The van der Waals surface area contributed by atoms with E-state index in [2.05, 4.69) is 13.8 Å². The Balaban J connectivity index is 1.71. The van der Waals surface area contributed by atoms with Crippen LogP contribution in [0.2, 0.25) is 0 Å². The Morgan fingerprint density at radius 2 is 1.79 bits per heavy atom. The molecule has 0 radical (unpaired) electrons. The third kappa shape index (κ3) is 5.24. The molecule has 1 unspecified atom stereocenters. The minimum absolute atomic E-state index is 0.0585. The third-order valence-electron chi connectivity index (χ3n) is 5.14. The first kappa shape index (κ1) is 21.1. The van der Waals surface area contributed by atoms with Crippen molar-refractivity contribution in [3.8, 4) is 5.75 Å². The number of rotatable bonds is 8. The number of para-hydroxylation sites is 1. The van der Waals surface area contributed by atoms with Crippen LogP contribution in [0.5, 0.6) is 5.75 Å². The van der Waals surface area contributed by atoms with Crippen LogP contribution in [0.1, 0.15) is 52.5 Å². The number of carbonyl (C=O) groups is 1. The fraction of sp³-hybridized carbons (Fsp3) is 0.333. The van der Waals surface area contributed by atoms with Gasteiger partial charge in [0.1, 0.15) is 17.4 Å². The molecule has 0 saturated heterocycles. The number of aromatic nitrogens is 1. The Morgan fingerprint density at radius 1 is 1.10 bits per heavy atom. The van der Waals surface area contributed by atoms with Crippen LogP contribution in [-0.2, 0) is 13.2 Å². The summed E-state index contributed by atoms with van der Waals surface area (Å²) >= 11 is 1.57. The Bertz CT molecular complexity index is 967. The van der Waals surface area contributed by atoms with E-state index >= 15 is 0 Å². The molecule has 29 heavy (non-hydrogen) atoms. The highest BCUT2D eigenvalue weighted by atomic mass is 32.1. The quantitative estimate of drug-likeness (QED) is 0.474. The van der Waals surface area contributed by atoms with Crippen LogP contribution in [0.15, 0.2) is 53.9 Å². The van der Waals surface area contributed by atoms with E-state index in [1.165, 1.54) is 0 Å². The lowest BCUT2D eigenvalue weighted by molar-refractivity contribution is 0.0668. The van der Waals surface area contributed by atoms with E-state index in [0.29, 0.717) is 13.2 Å². The first-order valence-corrected chi connectivity index (χ1v) is 10.9. The summed E-state index contributed by atoms with van der Waals surface area (Å²) in [5.41, 5.74) is 3.76. The maximum Gasteiger partial charge on any atom is 0.254 e. The fourth-order valence-corrected chi connectivity index (χ4v) is 3.83. The molecule has 0 fully saturated rings. The topological polar surface area (TPSA) is 42.4 Å². The van der Waals surface area contributed by atoms with E-state index < -0.39 is 0 Å². The zero-order valence-corrected chi connectivity index (χ0v) is 18.3. The summed E-state index contributed by atoms with van der Waals surface area (Å²) in [6.45, 7) is 9.14. The highest BCUT2D eigenvalue weighted by Crippen LogP contribution is 2.21. The molecule has 152 valence electrons. The molecule has 0 N–H and O–H groups in total. The number of nitrogens with zero attached hydrogens (tertiary/aromatic N) is 2. The van der Waals surface area contributed by atoms with Gasteiger partial charge in [-0.15, -0.1) is 11.3 Å². The molecule has 0 saturated carbocycles. The van der Waals surface area contributed by atoms with Crippen molar-refractivity contribution in [2.24, 2.45) is 0 Å². The summed E-state index contributed by atoms with van der Waals surface area (Å²) in [6.07, 6.45) is 0.894. The van der Waals surface area contributed by atoms with Crippen molar-refractivity contribution in [2.45, 2.75) is 53.3 Å². The molecule has 0 aliphatic rings. The Hall–Kier alpha value is -2.66. The average Bonchev–Trinajstić information content (AvgIpc) is 3.18. The second kappa shape index (κ2) is 9.70. The Labute approximate surface area is 177 Å². The van der Waals surface area contributed by atoms with Crippen LogP contribution in [0.3, 0.4) is 0 Å². The molecule has 1 amide bonds. The molecule has 0 bridgehead atoms. The van der Waals surface area contributed by atoms with E-state index in [4.69, 9.17) is 9.72 Å². The lowest BCUT2D eigenvalue weighted by Gasteiger charge is -2.28. The first-order valence-electron chi connectivity index (χ1n) is 9.98. The predicted octanol–water partition coefficient (Wildman–Crippen LogP) is 5.78. The van der Waals surface area contributed by atoms with Crippen LogP contribution < -0.4 is 4.74 Å². The van der Waals surface area contributed by atoms with Crippen LogP contribution in [-0.4, -0.2) is 21.8 Å². The normalized spacial score (nSPS) is 11.9. The van der Waals surface area contributed by atoms with Crippen molar-refractivity contribution in [3.05, 3.63) is 81.3 Å². The largest absolute Gasteiger partial charge is 0.486 e. The Kier molecular flexibility index (Phi) is 7.04. The van der Waals surface area contributed by atoms with Gasteiger partial charge in [0.05, 0.1) is 12.2 Å². The number of aryl methyl sites for hydroxylation is 2. The number of amides is 1. The van der Waals surface area contributed by atoms with Gasteiger partial charge < -0.3 is 9.64 Å². The van der Waals surface area contributed by atoms with E-state index in [9.17, 15) is 4.79 Å². The van der Waals surface area contributed by atoms with Gasteiger partial charge in [0, 0.05) is 17.0 Å². The lowest BCUT2D eigenvalue weighted by Crippen LogP contribution is -2.38. The standard InChI is InChI=1S/C24H28N2O2S/c1-5-19(4)26(24(27)21-12-8-6-10-17(21)2)14-20-16-29-23(25-20)15-28-22-13-9-7-11-18(22)3/h6-13,16,19H,5,14-15H2,1-4H3. The zero-order chi connectivity index (χ0) is 20.8. The molecule has 3 aromatic rings. The smallest absolute Gasteiger partial charge is 0.254 e. The zero-order valence-electron chi connectivity index (χ0n) is 17.5. The molecular weight excluding hydrogens is 380 g/mol. The van der Waals surface area contributed by atoms with Gasteiger partial charge in [0.25, 0.3) is 5.91 Å². The predicted molar refractivity (Wildman–Crippen MR) is 118 cm³/mol. The highest BCUT2D eigenvalue weighted by molar-refractivity contribution is 7.09. The summed E-state index contributed by atoms with van der Waals surface area (Å²) in [5.74, 6) is 0.934. The van der Waals surface area contributed by atoms with Crippen molar-refractivity contribution < 1.29 is 9.53 Å². The molecule has 1 aromatic heterocycles. The van der Waals surface area contributed by atoms with Gasteiger partial charge in [-0.05, 0) is 50.5 Å². The third-order valence-corrected chi connectivity index (χ3v) is 6.01. The van der Waals surface area contributed by atoms with Crippen LogP contribution in [0.4, 0.5) is 0 Å². The van der Waals surface area contributed by atoms with Crippen LogP contribution >= 0.6 is 11.3 Å². The molecule has 2 aromatic carbocycles. The maximum absolute atomic E-state index is 13.2. The first-order chi connectivity index (χ1) is 14.0. The molecular formula is C24H28N2O2S. The van der Waals surface area contributed by atoms with Gasteiger partial charge in [0.15, 0.2) is 0 Å². The van der Waals surface area contributed by atoms with Gasteiger partial charge in [-0.25, -0.2) is 4.98 Å².